The summed E-state index contributed by atoms with van der Waals surface area (Å²) in [6.07, 6.45) is 4.42. The molecule has 1 unspecified atom stereocenters. The lowest BCUT2D eigenvalue weighted by Gasteiger charge is -2.21. The van der Waals surface area contributed by atoms with E-state index in [1.165, 1.54) is 17.0 Å². The maximum Gasteiger partial charge on any atom is 0.279 e. The first-order chi connectivity index (χ1) is 10.6. The number of anilines is 1. The van der Waals surface area contributed by atoms with E-state index in [0.717, 1.165) is 22.2 Å². The first-order valence-corrected chi connectivity index (χ1v) is 8.73. The monoisotopic (exact) mass is 410 g/mol. The Morgan fingerprint density at radius 2 is 2.18 bits per heavy atom. The summed E-state index contributed by atoms with van der Waals surface area (Å²) in [5.74, 6) is 0.0974. The minimum atomic E-state index is 0.0974. The smallest absolute Gasteiger partial charge is 0.279 e. The maximum absolute atomic E-state index is 12.4. The van der Waals surface area contributed by atoms with Crippen LogP contribution in [0.4, 0.5) is 5.69 Å². The van der Waals surface area contributed by atoms with E-state index in [4.69, 9.17) is 0 Å². The molecule has 5 heteroatoms. The normalized spacial score (nSPS) is 21.0. The van der Waals surface area contributed by atoms with Gasteiger partial charge in [0.15, 0.2) is 6.54 Å². The quantitative estimate of drug-likeness (QED) is 0.744. The molecule has 1 saturated heterocycles. The molecule has 4 nitrogen and oxygen atoms in total. The highest BCUT2D eigenvalue weighted by Gasteiger charge is 2.32. The Kier molecular flexibility index (Phi) is 4.83. The lowest BCUT2D eigenvalue weighted by Crippen LogP contribution is -3.11. The van der Waals surface area contributed by atoms with Crippen LogP contribution in [0.2, 0.25) is 0 Å². The highest BCUT2D eigenvalue weighted by atomic mass is 127. The van der Waals surface area contributed by atoms with E-state index < -0.39 is 0 Å². The van der Waals surface area contributed by atoms with Gasteiger partial charge in [0.2, 0.25) is 0 Å². The average Bonchev–Trinajstić information content (AvgIpc) is 3.10. The highest BCUT2D eigenvalue weighted by Crippen LogP contribution is 2.19. The number of benzene rings is 1. The Morgan fingerprint density at radius 3 is 2.91 bits per heavy atom. The first kappa shape index (κ1) is 15.6. The molecule has 1 aromatic carbocycles. The van der Waals surface area contributed by atoms with Crippen LogP contribution >= 0.6 is 22.6 Å². The zero-order chi connectivity index (χ0) is 15.5. The van der Waals surface area contributed by atoms with Crippen LogP contribution in [0.15, 0.2) is 42.6 Å². The summed E-state index contributed by atoms with van der Waals surface area (Å²) in [5.41, 5.74) is 2.23. The molecule has 2 N–H and O–H groups in total. The molecule has 2 atom stereocenters. The molecular weight excluding hydrogens is 389 g/mol. The fraction of sp³-hybridized carbons (Fsp3) is 0.353. The van der Waals surface area contributed by atoms with Crippen molar-refractivity contribution >= 4 is 34.2 Å². The number of quaternary nitrogens is 1. The number of aryl methyl sites for hydroxylation is 1. The highest BCUT2D eigenvalue weighted by molar-refractivity contribution is 14.1. The van der Waals surface area contributed by atoms with Crippen molar-refractivity contribution in [1.29, 1.82) is 0 Å². The van der Waals surface area contributed by atoms with Crippen LogP contribution in [0, 0.1) is 3.57 Å². The van der Waals surface area contributed by atoms with E-state index >= 15 is 0 Å². The standard InChI is InChI=1S/C17H20IN3O/c1-20-10-4-8-15(20)16-9-5-11-21(16)12-17(22)19-14-7-3-2-6-13(14)18/h2-4,6-8,10,16H,5,9,11-12H2,1H3,(H,19,22)/p+1/t16-/m0/s1. The maximum atomic E-state index is 12.4. The predicted molar refractivity (Wildman–Crippen MR) is 95.9 cm³/mol. The third-order valence-corrected chi connectivity index (χ3v) is 5.30. The number of aromatic nitrogens is 1. The van der Waals surface area contributed by atoms with Gasteiger partial charge in [-0.25, -0.2) is 0 Å². The molecular formula is C17H21IN3O+. The Balaban J connectivity index is 1.66. The van der Waals surface area contributed by atoms with Crippen molar-refractivity contribution in [3.05, 3.63) is 51.9 Å². The van der Waals surface area contributed by atoms with Crippen LogP contribution in [0.25, 0.3) is 0 Å². The van der Waals surface area contributed by atoms with Gasteiger partial charge in [-0.2, -0.15) is 0 Å². The van der Waals surface area contributed by atoms with Crippen molar-refractivity contribution in [2.24, 2.45) is 7.05 Å². The van der Waals surface area contributed by atoms with Crippen molar-refractivity contribution in [2.75, 3.05) is 18.4 Å². The van der Waals surface area contributed by atoms with Gasteiger partial charge in [0, 0.05) is 29.7 Å². The van der Waals surface area contributed by atoms with Crippen LogP contribution < -0.4 is 10.2 Å². The number of carbonyl (C=O) groups excluding carboxylic acids is 1. The summed E-state index contributed by atoms with van der Waals surface area (Å²) in [7, 11) is 2.08. The number of rotatable bonds is 4. The second kappa shape index (κ2) is 6.83. The Hall–Kier alpha value is -1.34. The van der Waals surface area contributed by atoms with Gasteiger partial charge in [-0.3, -0.25) is 4.79 Å². The van der Waals surface area contributed by atoms with Crippen molar-refractivity contribution in [2.45, 2.75) is 18.9 Å². The summed E-state index contributed by atoms with van der Waals surface area (Å²) >= 11 is 2.25. The number of likely N-dealkylation sites (tertiary alicyclic amines) is 1. The molecule has 1 fully saturated rings. The number of nitrogens with zero attached hydrogens (tertiary/aromatic N) is 1. The molecule has 0 spiro atoms. The van der Waals surface area contributed by atoms with Crippen molar-refractivity contribution < 1.29 is 9.69 Å². The number of halogens is 1. The molecule has 1 aromatic heterocycles. The van der Waals surface area contributed by atoms with E-state index in [9.17, 15) is 4.79 Å². The van der Waals surface area contributed by atoms with E-state index in [0.29, 0.717) is 12.6 Å². The summed E-state index contributed by atoms with van der Waals surface area (Å²) in [4.78, 5) is 13.7. The molecule has 116 valence electrons. The van der Waals surface area contributed by atoms with E-state index in [2.05, 4.69) is 57.9 Å². The molecule has 1 amide bonds. The lowest BCUT2D eigenvalue weighted by molar-refractivity contribution is -0.910. The molecule has 22 heavy (non-hydrogen) atoms. The first-order valence-electron chi connectivity index (χ1n) is 7.65. The Morgan fingerprint density at radius 1 is 1.36 bits per heavy atom. The zero-order valence-corrected chi connectivity index (χ0v) is 14.8. The molecule has 2 heterocycles. The molecule has 2 aromatic rings. The summed E-state index contributed by atoms with van der Waals surface area (Å²) in [5, 5.41) is 3.04. The van der Waals surface area contributed by atoms with Crippen molar-refractivity contribution in [3.63, 3.8) is 0 Å². The van der Waals surface area contributed by atoms with Gasteiger partial charge in [0.25, 0.3) is 5.91 Å². The number of hydrogen-bond donors (Lipinski definition) is 2. The minimum Gasteiger partial charge on any atom is -0.350 e. The Labute approximate surface area is 144 Å². The van der Waals surface area contributed by atoms with E-state index in [1.54, 1.807) is 0 Å². The number of hydrogen-bond acceptors (Lipinski definition) is 1. The molecule has 3 rings (SSSR count). The third-order valence-electron chi connectivity index (χ3n) is 4.36. The SMILES string of the molecule is Cn1cccc1[C@@H]1CCC[NH+]1CC(=O)Nc1ccccc1I. The second-order valence-corrected chi connectivity index (χ2v) is 7.01. The molecule has 0 aliphatic carbocycles. The molecule has 0 saturated carbocycles. The van der Waals surface area contributed by atoms with E-state index in [1.807, 2.05) is 24.3 Å². The van der Waals surface area contributed by atoms with Crippen LogP contribution in [-0.4, -0.2) is 23.6 Å². The van der Waals surface area contributed by atoms with Gasteiger partial charge in [0.05, 0.1) is 17.9 Å². The number of para-hydroxylation sites is 1. The average molecular weight is 410 g/mol. The molecule has 0 radical (unpaired) electrons. The van der Waals surface area contributed by atoms with Crippen LogP contribution in [0.5, 0.6) is 0 Å². The van der Waals surface area contributed by atoms with E-state index in [-0.39, 0.29) is 5.91 Å². The third kappa shape index (κ3) is 3.35. The van der Waals surface area contributed by atoms with Crippen LogP contribution in [0.1, 0.15) is 24.6 Å². The summed E-state index contributed by atoms with van der Waals surface area (Å²) < 4.78 is 3.25. The van der Waals surface area contributed by atoms with Crippen molar-refractivity contribution in [3.8, 4) is 0 Å². The lowest BCUT2D eigenvalue weighted by atomic mass is 10.1. The largest absolute Gasteiger partial charge is 0.350 e. The summed E-state index contributed by atoms with van der Waals surface area (Å²) in [6, 6.07) is 12.6. The number of amides is 1. The minimum absolute atomic E-state index is 0.0974. The van der Waals surface area contributed by atoms with Crippen LogP contribution in [0.3, 0.4) is 0 Å². The fourth-order valence-corrected chi connectivity index (χ4v) is 3.80. The van der Waals surface area contributed by atoms with Gasteiger partial charge in [0.1, 0.15) is 6.04 Å². The fourth-order valence-electron chi connectivity index (χ4n) is 3.28. The van der Waals surface area contributed by atoms with Gasteiger partial charge < -0.3 is 14.8 Å². The number of carbonyl (C=O) groups is 1. The molecule has 1 aliphatic rings. The van der Waals surface area contributed by atoms with Gasteiger partial charge in [-0.05, 0) is 46.9 Å². The van der Waals surface area contributed by atoms with Crippen LogP contribution in [-0.2, 0) is 11.8 Å². The van der Waals surface area contributed by atoms with Gasteiger partial charge >= 0.3 is 0 Å². The molecule has 0 bridgehead atoms. The topological polar surface area (TPSA) is 38.5 Å². The Bertz CT molecular complexity index is 667. The van der Waals surface area contributed by atoms with Gasteiger partial charge in [-0.15, -0.1) is 0 Å². The second-order valence-electron chi connectivity index (χ2n) is 5.85. The molecule has 1 aliphatic heterocycles. The number of nitrogens with one attached hydrogen (secondary N) is 2. The van der Waals surface area contributed by atoms with Gasteiger partial charge in [-0.1, -0.05) is 12.1 Å². The summed E-state index contributed by atoms with van der Waals surface area (Å²) in [6.45, 7) is 1.59. The zero-order valence-electron chi connectivity index (χ0n) is 12.7. The van der Waals surface area contributed by atoms with Crippen molar-refractivity contribution in [1.82, 2.24) is 4.57 Å². The predicted octanol–water partition coefficient (Wildman–Crippen LogP) is 1.99.